The molecule has 0 aromatic heterocycles. The minimum absolute atomic E-state index is 0. The molecule has 0 spiro atoms. The largest absolute Gasteiger partial charge is 0.400 e. The van der Waals surface area contributed by atoms with E-state index in [2.05, 4.69) is 52.0 Å². The number of allylic oxidation sites excluding steroid dienone is 4. The van der Waals surface area contributed by atoms with Crippen molar-refractivity contribution in [2.24, 2.45) is 5.92 Å². The molecule has 0 amide bonds. The van der Waals surface area contributed by atoms with Gasteiger partial charge in [-0.3, -0.25) is 4.79 Å². The molecule has 4 heteroatoms. The average Bonchev–Trinajstić information content (AvgIpc) is 4.17. The molecule has 4 nitrogen and oxygen atoms in total. The molecule has 0 bridgehead atoms. The lowest BCUT2D eigenvalue weighted by Gasteiger charge is -2.20. The number of rotatable bonds is 24. The van der Waals surface area contributed by atoms with Gasteiger partial charge in [0.2, 0.25) is 0 Å². The van der Waals surface area contributed by atoms with E-state index in [9.17, 15) is 9.59 Å². The first kappa shape index (κ1) is 69.4. The smallest absolute Gasteiger partial charge is 0.159 e. The minimum atomic E-state index is 0. The van der Waals surface area contributed by atoms with E-state index < -0.39 is 0 Å². The highest BCUT2D eigenvalue weighted by Crippen LogP contribution is 2.34. The Morgan fingerprint density at radius 2 is 1.05 bits per heavy atom. The standard InChI is InChI=1S/C18H33.C14H27NO.C7H9O.C3H8.4C2H6.CH4O.CH4/c1-3-5-7-9-10-12-14-17(18-15-16-18)13-11-8-6-4-2;1-13-9-8-12-15(13)11-7-5-3-4-6-10-14(2)16;1-2-3-7(8)6-4-5-6;1-3-2;5*1-2;/h15-17H,3-14H2,1-2H3;13H,3-12H2,1-2H3;4-5H,2-3H2,1H3;3H2,1-2H3;4*1-2H3;2H,1H3;1H4. The first-order valence-electron chi connectivity index (χ1n) is 24.2. The molecular formula is C52H109NO3. The quantitative estimate of drug-likeness (QED) is 0.0989. The average molecular weight is 796 g/mol. The van der Waals surface area contributed by atoms with Crippen molar-refractivity contribution < 1.29 is 14.7 Å². The van der Waals surface area contributed by atoms with Crippen molar-refractivity contribution in [3.8, 4) is 0 Å². The number of ketones is 2. The molecule has 2 aliphatic carbocycles. The van der Waals surface area contributed by atoms with Gasteiger partial charge in [-0.15, -0.1) is 0 Å². The van der Waals surface area contributed by atoms with Gasteiger partial charge in [0.15, 0.2) is 5.78 Å². The van der Waals surface area contributed by atoms with E-state index in [4.69, 9.17) is 5.11 Å². The van der Waals surface area contributed by atoms with Gasteiger partial charge in [0, 0.05) is 38.8 Å². The second kappa shape index (κ2) is 62.9. The van der Waals surface area contributed by atoms with Crippen LogP contribution in [0, 0.1) is 18.8 Å². The Hall–Kier alpha value is -1.26. The van der Waals surface area contributed by atoms with Crippen LogP contribution in [0.1, 0.15) is 259 Å². The fourth-order valence-electron chi connectivity index (χ4n) is 5.93. The van der Waals surface area contributed by atoms with E-state index >= 15 is 0 Å². The molecule has 56 heavy (non-hydrogen) atoms. The zero-order chi connectivity index (χ0) is 43.5. The summed E-state index contributed by atoms with van der Waals surface area (Å²) in [6.07, 6.45) is 38.3. The van der Waals surface area contributed by atoms with Crippen LogP contribution < -0.4 is 0 Å². The number of carbonyl (C=O) groups excluding carboxylic acids is 2. The molecule has 1 saturated heterocycles. The number of carbonyl (C=O) groups is 2. The number of unbranched alkanes of at least 4 members (excludes halogenated alkanes) is 12. The zero-order valence-corrected chi connectivity index (χ0v) is 40.9. The van der Waals surface area contributed by atoms with Crippen LogP contribution in [0.5, 0.6) is 0 Å². The molecule has 3 aliphatic rings. The van der Waals surface area contributed by atoms with E-state index in [1.807, 2.05) is 74.8 Å². The maximum atomic E-state index is 10.7. The summed E-state index contributed by atoms with van der Waals surface area (Å²) >= 11 is 0. The molecule has 2 atom stereocenters. The molecule has 2 unspecified atom stereocenters. The van der Waals surface area contributed by atoms with Crippen LogP contribution in [-0.2, 0) is 9.59 Å². The van der Waals surface area contributed by atoms with E-state index in [1.54, 1.807) is 12.5 Å². The Labute approximate surface area is 357 Å². The van der Waals surface area contributed by atoms with E-state index in [0.717, 1.165) is 43.9 Å². The topological polar surface area (TPSA) is 57.6 Å². The van der Waals surface area contributed by atoms with Gasteiger partial charge in [0.25, 0.3) is 0 Å². The third kappa shape index (κ3) is 57.1. The maximum Gasteiger partial charge on any atom is 0.159 e. The highest BCUT2D eigenvalue weighted by Gasteiger charge is 2.20. The number of hydrogen-bond donors (Lipinski definition) is 1. The van der Waals surface area contributed by atoms with Crippen molar-refractivity contribution in [3.05, 3.63) is 36.1 Å². The lowest BCUT2D eigenvalue weighted by Crippen LogP contribution is -2.27. The van der Waals surface area contributed by atoms with Crippen LogP contribution in [0.25, 0.3) is 0 Å². The second-order valence-electron chi connectivity index (χ2n) is 13.9. The third-order valence-corrected chi connectivity index (χ3v) is 8.94. The van der Waals surface area contributed by atoms with Gasteiger partial charge in [-0.25, -0.2) is 0 Å². The summed E-state index contributed by atoms with van der Waals surface area (Å²) in [5.41, 5.74) is 2.59. The number of nitrogens with zero attached hydrogens (tertiary/aromatic N) is 1. The lowest BCUT2D eigenvalue weighted by atomic mass is 9.92. The summed E-state index contributed by atoms with van der Waals surface area (Å²) in [6, 6.07) is 0.817. The molecule has 1 aliphatic heterocycles. The van der Waals surface area contributed by atoms with Crippen LogP contribution in [-0.4, -0.2) is 47.8 Å². The molecule has 3 rings (SSSR count). The van der Waals surface area contributed by atoms with Crippen molar-refractivity contribution in [2.45, 2.75) is 265 Å². The molecule has 2 radical (unpaired) electrons. The second-order valence-corrected chi connectivity index (χ2v) is 13.9. The number of hydrogen-bond acceptors (Lipinski definition) is 4. The van der Waals surface area contributed by atoms with Gasteiger partial charge in [-0.1, -0.05) is 205 Å². The van der Waals surface area contributed by atoms with Crippen LogP contribution in [0.3, 0.4) is 0 Å². The maximum absolute atomic E-state index is 10.7. The van der Waals surface area contributed by atoms with Crippen LogP contribution in [0.2, 0.25) is 0 Å². The van der Waals surface area contributed by atoms with Gasteiger partial charge in [0.05, 0.1) is 0 Å². The Balaban J connectivity index is -0.000000115. The summed E-state index contributed by atoms with van der Waals surface area (Å²) < 4.78 is 0. The number of likely N-dealkylation sites (tertiary alicyclic amines) is 1. The SMILES string of the molecule is C.CC.CC.CC.CC.CC(=O)CCCCCCCN1CCCC1C.CCC.CCCC(=O)C1=C[CH]1.CCCCCCCCC(CCCCCC)C1=C[CH]1.CO. The number of aliphatic hydroxyl groups excluding tert-OH is 1. The molecule has 0 saturated carbocycles. The molecule has 0 aromatic rings. The minimum Gasteiger partial charge on any atom is -0.400 e. The predicted molar refractivity (Wildman–Crippen MR) is 260 cm³/mol. The van der Waals surface area contributed by atoms with Crippen LogP contribution >= 0.6 is 0 Å². The van der Waals surface area contributed by atoms with E-state index in [1.165, 1.54) is 135 Å². The molecule has 1 fully saturated rings. The van der Waals surface area contributed by atoms with Gasteiger partial charge < -0.3 is 14.8 Å². The molecule has 340 valence electrons. The molecule has 0 aromatic carbocycles. The molecule has 1 heterocycles. The summed E-state index contributed by atoms with van der Waals surface area (Å²) in [5, 5.41) is 7.00. The fraction of sp³-hybridized carbons (Fsp3) is 0.846. The van der Waals surface area contributed by atoms with Crippen LogP contribution in [0.4, 0.5) is 0 Å². The van der Waals surface area contributed by atoms with Crippen molar-refractivity contribution in [1.82, 2.24) is 4.90 Å². The summed E-state index contributed by atoms with van der Waals surface area (Å²) in [5.74, 6) is 1.55. The van der Waals surface area contributed by atoms with E-state index in [0.29, 0.717) is 18.0 Å². The van der Waals surface area contributed by atoms with Crippen molar-refractivity contribution >= 4 is 11.6 Å². The highest BCUT2D eigenvalue weighted by molar-refractivity contribution is 6.02. The monoisotopic (exact) mass is 796 g/mol. The fourth-order valence-corrected chi connectivity index (χ4v) is 5.93. The Kier molecular flexibility index (Phi) is 77.9. The molecule has 1 N–H and O–H groups in total. The van der Waals surface area contributed by atoms with Crippen molar-refractivity contribution in [2.75, 3.05) is 20.2 Å². The van der Waals surface area contributed by atoms with Gasteiger partial charge in [-0.2, -0.15) is 0 Å². The predicted octanol–water partition coefficient (Wildman–Crippen LogP) is 17.1. The van der Waals surface area contributed by atoms with Gasteiger partial charge >= 0.3 is 0 Å². The highest BCUT2D eigenvalue weighted by atomic mass is 16.2. The van der Waals surface area contributed by atoms with Crippen LogP contribution in [0.15, 0.2) is 23.3 Å². The third-order valence-electron chi connectivity index (χ3n) is 8.94. The van der Waals surface area contributed by atoms with Crippen molar-refractivity contribution in [3.63, 3.8) is 0 Å². The van der Waals surface area contributed by atoms with E-state index in [-0.39, 0.29) is 7.43 Å². The summed E-state index contributed by atoms with van der Waals surface area (Å²) in [6.45, 7) is 33.5. The van der Waals surface area contributed by atoms with Crippen molar-refractivity contribution in [1.29, 1.82) is 0 Å². The van der Waals surface area contributed by atoms with Gasteiger partial charge in [-0.05, 0) is 83.4 Å². The zero-order valence-electron chi connectivity index (χ0n) is 40.9. The first-order valence-corrected chi connectivity index (χ1v) is 24.2. The Morgan fingerprint density at radius 1 is 0.643 bits per heavy atom. The lowest BCUT2D eigenvalue weighted by molar-refractivity contribution is -0.117. The number of aliphatic hydroxyl groups is 1. The normalized spacial score (nSPS) is 14.2. The summed E-state index contributed by atoms with van der Waals surface area (Å²) in [4.78, 5) is 24.1. The first-order chi connectivity index (χ1) is 26.8. The Morgan fingerprint density at radius 3 is 1.43 bits per heavy atom. The Bertz CT molecular complexity index is 772. The molecular weight excluding hydrogens is 687 g/mol. The summed E-state index contributed by atoms with van der Waals surface area (Å²) in [7, 11) is 1.00. The number of Topliss-reactive ketones (excluding diaryl/α,β-unsaturated/α-hetero) is 2. The van der Waals surface area contributed by atoms with Gasteiger partial charge in [0.1, 0.15) is 5.78 Å².